The molecule has 0 aromatic heterocycles. The van der Waals surface area contributed by atoms with Gasteiger partial charge in [0.2, 0.25) is 5.91 Å². The molecule has 1 heterocycles. The molecule has 0 spiro atoms. The Bertz CT molecular complexity index is 1050. The molecule has 5 unspecified atom stereocenters. The van der Waals surface area contributed by atoms with Crippen LogP contribution in [0.5, 0.6) is 0 Å². The van der Waals surface area contributed by atoms with Crippen LogP contribution in [-0.2, 0) is 19.1 Å². The van der Waals surface area contributed by atoms with Crippen molar-refractivity contribution in [1.29, 1.82) is 0 Å². The smallest absolute Gasteiger partial charge is 0.309 e. The van der Waals surface area contributed by atoms with Gasteiger partial charge in [0, 0.05) is 38.5 Å². The van der Waals surface area contributed by atoms with E-state index in [1.807, 2.05) is 13.8 Å². The molecule has 6 nitrogen and oxygen atoms in total. The second-order valence-corrected chi connectivity index (χ2v) is 16.9. The third-order valence-electron chi connectivity index (χ3n) is 13.9. The highest BCUT2D eigenvalue weighted by molar-refractivity contribution is 5.84. The number of morpholine rings is 1. The molecule has 45 heavy (non-hydrogen) atoms. The largest absolute Gasteiger partial charge is 0.462 e. The lowest BCUT2D eigenvalue weighted by Crippen LogP contribution is -2.51. The fraction of sp³-hybridized carbons (Fsp3) is 0.897. The van der Waals surface area contributed by atoms with Crippen LogP contribution in [0.3, 0.4) is 0 Å². The summed E-state index contributed by atoms with van der Waals surface area (Å²) in [5, 5.41) is 3.04. The average Bonchev–Trinajstić information content (AvgIpc) is 3.38. The fourth-order valence-electron chi connectivity index (χ4n) is 10.8. The van der Waals surface area contributed by atoms with Gasteiger partial charge in [-0.25, -0.2) is 0 Å². The standard InChI is InChI=1S/C39H66N2O4/c1-26(2)9-8-10-27(3)33-13-14-34-32-12-11-30-25-31(15-17-38(30,6)35(32)16-18-39(33,34)7)45-37(43)29(5)28(4)36(42)40-19-20-41-21-23-44-24-22-41/h11,26-29,31-35H,8-10,12-25H2,1-7H3,(H,40,42)/t27-,28?,29?,31+,32?,33?,34+,35?,38+,39-/m1/s1. The molecule has 6 heteroatoms. The molecule has 5 rings (SSSR count). The molecule has 0 aromatic rings. The maximum absolute atomic E-state index is 13.2. The second kappa shape index (κ2) is 14.8. The molecule has 0 aromatic carbocycles. The van der Waals surface area contributed by atoms with Crippen LogP contribution in [0.2, 0.25) is 0 Å². The van der Waals surface area contributed by atoms with Crippen LogP contribution < -0.4 is 5.32 Å². The van der Waals surface area contributed by atoms with Crippen molar-refractivity contribution in [1.82, 2.24) is 10.2 Å². The van der Waals surface area contributed by atoms with Crippen molar-refractivity contribution in [3.05, 3.63) is 11.6 Å². The van der Waals surface area contributed by atoms with Gasteiger partial charge < -0.3 is 14.8 Å². The molecule has 10 atom stereocenters. The van der Waals surface area contributed by atoms with Gasteiger partial charge in [-0.05, 0) is 91.3 Å². The molecule has 1 saturated heterocycles. The van der Waals surface area contributed by atoms with Crippen molar-refractivity contribution in [3.8, 4) is 0 Å². The van der Waals surface area contributed by atoms with Crippen LogP contribution in [0.4, 0.5) is 0 Å². The van der Waals surface area contributed by atoms with Crippen molar-refractivity contribution in [2.75, 3.05) is 39.4 Å². The number of carbonyl (C=O) groups excluding carboxylic acids is 2. The molecular weight excluding hydrogens is 560 g/mol. The van der Waals surface area contributed by atoms with E-state index in [9.17, 15) is 9.59 Å². The van der Waals surface area contributed by atoms with Crippen molar-refractivity contribution in [3.63, 3.8) is 0 Å². The number of carbonyl (C=O) groups is 2. The summed E-state index contributed by atoms with van der Waals surface area (Å²) in [6.45, 7) is 20.9. The predicted molar refractivity (Wildman–Crippen MR) is 182 cm³/mol. The summed E-state index contributed by atoms with van der Waals surface area (Å²) in [6.07, 6.45) is 16.4. The van der Waals surface area contributed by atoms with E-state index in [-0.39, 0.29) is 23.4 Å². The Kier molecular flexibility index (Phi) is 11.5. The third-order valence-corrected chi connectivity index (χ3v) is 13.9. The van der Waals surface area contributed by atoms with Crippen molar-refractivity contribution in [2.24, 2.45) is 58.2 Å². The van der Waals surface area contributed by atoms with Crippen molar-refractivity contribution in [2.45, 2.75) is 125 Å². The highest BCUT2D eigenvalue weighted by Gasteiger charge is 2.59. The minimum Gasteiger partial charge on any atom is -0.462 e. The Balaban J connectivity index is 1.13. The van der Waals surface area contributed by atoms with E-state index in [0.717, 1.165) is 87.6 Å². The van der Waals surface area contributed by atoms with E-state index >= 15 is 0 Å². The molecule has 256 valence electrons. The summed E-state index contributed by atoms with van der Waals surface area (Å²) in [7, 11) is 0. The minimum absolute atomic E-state index is 0.0617. The van der Waals surface area contributed by atoms with E-state index < -0.39 is 11.8 Å². The van der Waals surface area contributed by atoms with Crippen molar-refractivity contribution >= 4 is 11.9 Å². The number of rotatable bonds is 12. The predicted octanol–water partition coefficient (Wildman–Crippen LogP) is 7.66. The molecule has 4 fully saturated rings. The molecule has 0 radical (unpaired) electrons. The maximum atomic E-state index is 13.2. The number of ether oxygens (including phenoxy) is 2. The number of hydrogen-bond donors (Lipinski definition) is 1. The van der Waals surface area contributed by atoms with Gasteiger partial charge in [-0.2, -0.15) is 0 Å². The first kappa shape index (κ1) is 34.9. The highest BCUT2D eigenvalue weighted by Crippen LogP contribution is 2.67. The molecule has 0 bridgehead atoms. The zero-order valence-electron chi connectivity index (χ0n) is 29.9. The maximum Gasteiger partial charge on any atom is 0.309 e. The van der Waals surface area contributed by atoms with Crippen LogP contribution in [0.1, 0.15) is 119 Å². The summed E-state index contributed by atoms with van der Waals surface area (Å²) in [5.74, 6) is 3.85. The Morgan fingerprint density at radius 1 is 0.978 bits per heavy atom. The molecule has 4 aliphatic carbocycles. The zero-order chi connectivity index (χ0) is 32.4. The minimum atomic E-state index is -0.453. The number of nitrogens with zero attached hydrogens (tertiary/aromatic N) is 1. The summed E-state index contributed by atoms with van der Waals surface area (Å²) >= 11 is 0. The van der Waals surface area contributed by atoms with Gasteiger partial charge in [-0.3, -0.25) is 14.5 Å². The van der Waals surface area contributed by atoms with E-state index in [1.54, 1.807) is 5.57 Å². The first-order chi connectivity index (χ1) is 21.4. The van der Waals surface area contributed by atoms with E-state index in [4.69, 9.17) is 9.47 Å². The quantitative estimate of drug-likeness (QED) is 0.178. The Labute approximate surface area is 275 Å². The van der Waals surface area contributed by atoms with Crippen LogP contribution in [-0.4, -0.2) is 62.3 Å². The van der Waals surface area contributed by atoms with Gasteiger partial charge in [0.1, 0.15) is 6.10 Å². The van der Waals surface area contributed by atoms with Gasteiger partial charge >= 0.3 is 5.97 Å². The summed E-state index contributed by atoms with van der Waals surface area (Å²) < 4.78 is 11.5. The van der Waals surface area contributed by atoms with Gasteiger partial charge in [-0.15, -0.1) is 0 Å². The molecular formula is C39H66N2O4. The number of nitrogens with one attached hydrogen (secondary N) is 1. The van der Waals surface area contributed by atoms with E-state index in [2.05, 4.69) is 50.9 Å². The number of amides is 1. The van der Waals surface area contributed by atoms with Crippen LogP contribution in [0, 0.1) is 58.2 Å². The van der Waals surface area contributed by atoms with Crippen LogP contribution in [0.25, 0.3) is 0 Å². The summed E-state index contributed by atoms with van der Waals surface area (Å²) in [4.78, 5) is 28.4. The van der Waals surface area contributed by atoms with Gasteiger partial charge in [0.05, 0.1) is 19.1 Å². The monoisotopic (exact) mass is 627 g/mol. The summed E-state index contributed by atoms with van der Waals surface area (Å²) in [5.41, 5.74) is 2.30. The van der Waals surface area contributed by atoms with Crippen LogP contribution >= 0.6 is 0 Å². The van der Waals surface area contributed by atoms with Gasteiger partial charge in [0.15, 0.2) is 0 Å². The Morgan fingerprint density at radius 3 is 2.47 bits per heavy atom. The first-order valence-electron chi connectivity index (χ1n) is 18.9. The lowest BCUT2D eigenvalue weighted by molar-refractivity contribution is -0.159. The number of allylic oxidation sites excluding steroid dienone is 1. The lowest BCUT2D eigenvalue weighted by atomic mass is 9.47. The SMILES string of the molecule is CC(C)CCC[C@@H](C)C1CC[C@H]2C3CC=C4C[C@@H](OC(=O)C(C)C(C)C(=O)NCCN5CCOCC5)CC[C@]4(C)C3CC[C@]12C. The number of fused-ring (bicyclic) bond motifs is 5. The van der Waals surface area contributed by atoms with E-state index in [0.29, 0.717) is 12.0 Å². The molecule has 1 N–H and O–H groups in total. The van der Waals surface area contributed by atoms with Gasteiger partial charge in [0.25, 0.3) is 0 Å². The Hall–Kier alpha value is -1.40. The fourth-order valence-corrected chi connectivity index (χ4v) is 10.8. The molecule has 5 aliphatic rings. The van der Waals surface area contributed by atoms with Crippen molar-refractivity contribution < 1.29 is 19.1 Å². The van der Waals surface area contributed by atoms with E-state index in [1.165, 1.54) is 51.4 Å². The number of hydrogen-bond acceptors (Lipinski definition) is 5. The number of esters is 1. The molecule has 3 saturated carbocycles. The summed E-state index contributed by atoms with van der Waals surface area (Å²) in [6, 6.07) is 0. The normalized spacial score (nSPS) is 37.1. The topological polar surface area (TPSA) is 67.9 Å². The average molecular weight is 627 g/mol. The molecule has 1 amide bonds. The highest BCUT2D eigenvalue weighted by atomic mass is 16.5. The van der Waals surface area contributed by atoms with Crippen LogP contribution in [0.15, 0.2) is 11.6 Å². The molecule has 1 aliphatic heterocycles. The zero-order valence-corrected chi connectivity index (χ0v) is 29.9. The lowest BCUT2D eigenvalue weighted by Gasteiger charge is -2.58. The third kappa shape index (κ3) is 7.53. The Morgan fingerprint density at radius 2 is 1.73 bits per heavy atom. The second-order valence-electron chi connectivity index (χ2n) is 16.9. The van der Waals surface area contributed by atoms with Gasteiger partial charge in [-0.1, -0.05) is 79.4 Å². The first-order valence-corrected chi connectivity index (χ1v) is 18.9.